The van der Waals surface area contributed by atoms with Gasteiger partial charge in [-0.05, 0) is 49.7 Å². The zero-order valence-electron chi connectivity index (χ0n) is 14.7. The lowest BCUT2D eigenvalue weighted by atomic mass is 10.1. The summed E-state index contributed by atoms with van der Waals surface area (Å²) in [6, 6.07) is 10.4. The number of benzene rings is 1. The van der Waals surface area contributed by atoms with Gasteiger partial charge in [0.05, 0.1) is 18.4 Å². The summed E-state index contributed by atoms with van der Waals surface area (Å²) in [4.78, 5) is 30.8. The van der Waals surface area contributed by atoms with E-state index in [-0.39, 0.29) is 9.94 Å². The van der Waals surface area contributed by atoms with E-state index in [0.29, 0.717) is 27.7 Å². The average Bonchev–Trinajstić information content (AvgIpc) is 2.85. The first-order chi connectivity index (χ1) is 12.9. The molecule has 0 unspecified atom stereocenters. The third-order valence-electron chi connectivity index (χ3n) is 3.94. The highest BCUT2D eigenvalue weighted by atomic mass is 35.5. The molecule has 1 aliphatic rings. The van der Waals surface area contributed by atoms with Gasteiger partial charge in [0.15, 0.2) is 0 Å². The van der Waals surface area contributed by atoms with E-state index in [1.807, 2.05) is 0 Å². The van der Waals surface area contributed by atoms with Crippen LogP contribution in [0.1, 0.15) is 16.8 Å². The van der Waals surface area contributed by atoms with Crippen molar-refractivity contribution in [2.24, 2.45) is 0 Å². The predicted octanol–water partition coefficient (Wildman–Crippen LogP) is 3.69. The van der Waals surface area contributed by atoms with Crippen molar-refractivity contribution in [2.75, 3.05) is 12.0 Å². The first-order valence-corrected chi connectivity index (χ1v) is 9.05. The molecule has 0 atom stereocenters. The van der Waals surface area contributed by atoms with Crippen molar-refractivity contribution in [3.05, 3.63) is 57.1 Å². The van der Waals surface area contributed by atoms with Crippen molar-refractivity contribution >= 4 is 40.9 Å². The van der Waals surface area contributed by atoms with Crippen LogP contribution in [0.15, 0.2) is 45.3 Å². The number of pyridine rings is 1. The molecule has 2 amide bonds. The number of aryl methyl sites for hydroxylation is 2. The minimum atomic E-state index is -0.614. The number of anilines is 1. The van der Waals surface area contributed by atoms with Gasteiger partial charge in [0.2, 0.25) is 0 Å². The average molecular weight is 400 g/mol. The van der Waals surface area contributed by atoms with Crippen LogP contribution >= 0.6 is 23.4 Å². The Kier molecular flexibility index (Phi) is 5.22. The maximum absolute atomic E-state index is 12.9. The predicted molar refractivity (Wildman–Crippen MR) is 103 cm³/mol. The second-order valence-electron chi connectivity index (χ2n) is 5.76. The van der Waals surface area contributed by atoms with Crippen LogP contribution in [0.3, 0.4) is 0 Å². The quantitative estimate of drug-likeness (QED) is 0.729. The molecular weight excluding hydrogens is 386 g/mol. The van der Waals surface area contributed by atoms with Crippen LogP contribution < -0.4 is 9.64 Å². The smallest absolute Gasteiger partial charge is 0.278 e. The highest BCUT2D eigenvalue weighted by molar-refractivity contribution is 8.04. The maximum Gasteiger partial charge on any atom is 0.278 e. The lowest BCUT2D eigenvalue weighted by Crippen LogP contribution is -2.31. The van der Waals surface area contributed by atoms with Gasteiger partial charge in [0, 0.05) is 5.69 Å². The van der Waals surface area contributed by atoms with Crippen molar-refractivity contribution in [3.8, 4) is 11.8 Å². The second kappa shape index (κ2) is 7.43. The molecular formula is C19H14ClN3O3S. The van der Waals surface area contributed by atoms with Crippen molar-refractivity contribution < 1.29 is 14.3 Å². The van der Waals surface area contributed by atoms with Crippen LogP contribution in [0, 0.1) is 25.2 Å². The van der Waals surface area contributed by atoms with Crippen molar-refractivity contribution in [3.63, 3.8) is 0 Å². The number of carbonyl (C=O) groups excluding carboxylic acids is 2. The number of imide groups is 1. The molecule has 2 heterocycles. The molecule has 6 nitrogen and oxygen atoms in total. The first-order valence-electron chi connectivity index (χ1n) is 7.86. The van der Waals surface area contributed by atoms with Crippen molar-refractivity contribution in [1.82, 2.24) is 4.98 Å². The summed E-state index contributed by atoms with van der Waals surface area (Å²) in [6.07, 6.45) is 0. The van der Waals surface area contributed by atoms with Crippen LogP contribution in [0.4, 0.5) is 5.69 Å². The number of aromatic nitrogens is 1. The van der Waals surface area contributed by atoms with Gasteiger partial charge in [0.25, 0.3) is 11.8 Å². The Balaban J connectivity index is 1.97. The Morgan fingerprint density at radius 3 is 2.44 bits per heavy atom. The van der Waals surface area contributed by atoms with E-state index in [1.54, 1.807) is 44.2 Å². The minimum Gasteiger partial charge on any atom is -0.497 e. The molecule has 27 heavy (non-hydrogen) atoms. The monoisotopic (exact) mass is 399 g/mol. The van der Waals surface area contributed by atoms with Crippen LogP contribution in [-0.4, -0.2) is 23.9 Å². The Bertz CT molecular complexity index is 1030. The van der Waals surface area contributed by atoms with E-state index in [2.05, 4.69) is 11.1 Å². The Morgan fingerprint density at radius 2 is 1.85 bits per heavy atom. The number of halogens is 1. The van der Waals surface area contributed by atoms with Crippen molar-refractivity contribution in [2.45, 2.75) is 18.9 Å². The summed E-state index contributed by atoms with van der Waals surface area (Å²) in [6.45, 7) is 3.58. The molecule has 0 fully saturated rings. The summed E-state index contributed by atoms with van der Waals surface area (Å²) in [5.74, 6) is -0.563. The second-order valence-corrected chi connectivity index (χ2v) is 7.14. The van der Waals surface area contributed by atoms with Gasteiger partial charge < -0.3 is 4.74 Å². The van der Waals surface area contributed by atoms with Gasteiger partial charge in [0.1, 0.15) is 26.8 Å². The highest BCUT2D eigenvalue weighted by Crippen LogP contribution is 2.40. The van der Waals surface area contributed by atoms with E-state index in [1.165, 1.54) is 7.11 Å². The SMILES string of the molecule is COc1ccc(N2C(=O)C(Cl)=C(Sc3nc(C)cc(C)c3C#N)C2=O)cc1. The Hall–Kier alpha value is -2.82. The molecule has 0 bridgehead atoms. The number of rotatable bonds is 4. The molecule has 8 heteroatoms. The molecule has 136 valence electrons. The van der Waals surface area contributed by atoms with Crippen LogP contribution in [0.2, 0.25) is 0 Å². The number of nitriles is 1. The van der Waals surface area contributed by atoms with Gasteiger partial charge in [-0.25, -0.2) is 9.88 Å². The molecule has 1 aliphatic heterocycles. The zero-order valence-corrected chi connectivity index (χ0v) is 16.3. The minimum absolute atomic E-state index is 0.0477. The maximum atomic E-state index is 12.9. The van der Waals surface area contributed by atoms with E-state index in [4.69, 9.17) is 16.3 Å². The number of thioether (sulfide) groups is 1. The largest absolute Gasteiger partial charge is 0.497 e. The van der Waals surface area contributed by atoms with E-state index >= 15 is 0 Å². The van der Waals surface area contributed by atoms with E-state index < -0.39 is 11.8 Å². The molecule has 2 aromatic rings. The standard InChI is InChI=1S/C19H14ClN3O3S/c1-10-8-11(2)22-17(14(10)9-21)27-16-15(20)18(24)23(19(16)25)12-4-6-13(26-3)7-5-12/h4-8H,1-3H3. The fourth-order valence-electron chi connectivity index (χ4n) is 2.65. The third-order valence-corrected chi connectivity index (χ3v) is 5.47. The Morgan fingerprint density at radius 1 is 1.19 bits per heavy atom. The molecule has 1 aromatic heterocycles. The van der Waals surface area contributed by atoms with E-state index in [0.717, 1.165) is 22.2 Å². The zero-order chi connectivity index (χ0) is 19.7. The van der Waals surface area contributed by atoms with Gasteiger partial charge in [-0.15, -0.1) is 0 Å². The normalized spacial score (nSPS) is 14.0. The molecule has 0 radical (unpaired) electrons. The number of carbonyl (C=O) groups is 2. The topological polar surface area (TPSA) is 83.3 Å². The number of hydrogen-bond donors (Lipinski definition) is 0. The molecule has 0 N–H and O–H groups in total. The molecule has 0 aliphatic carbocycles. The molecule has 1 aromatic carbocycles. The van der Waals surface area contributed by atoms with Gasteiger partial charge in [-0.2, -0.15) is 5.26 Å². The van der Waals surface area contributed by atoms with Crippen molar-refractivity contribution in [1.29, 1.82) is 5.26 Å². The fourth-order valence-corrected chi connectivity index (χ4v) is 3.97. The lowest BCUT2D eigenvalue weighted by molar-refractivity contribution is -0.120. The summed E-state index contributed by atoms with van der Waals surface area (Å²) in [7, 11) is 1.53. The first kappa shape index (κ1) is 19.0. The number of ether oxygens (including phenoxy) is 1. The van der Waals surface area contributed by atoms with Crippen LogP contribution in [0.25, 0.3) is 0 Å². The summed E-state index contributed by atoms with van der Waals surface area (Å²) < 4.78 is 5.09. The lowest BCUT2D eigenvalue weighted by Gasteiger charge is -2.15. The van der Waals surface area contributed by atoms with Crippen LogP contribution in [0.5, 0.6) is 5.75 Å². The van der Waals surface area contributed by atoms with Gasteiger partial charge in [-0.1, -0.05) is 23.4 Å². The molecule has 0 saturated carbocycles. The third kappa shape index (κ3) is 3.42. The number of methoxy groups -OCH3 is 1. The highest BCUT2D eigenvalue weighted by Gasteiger charge is 2.39. The fraction of sp³-hybridized carbons (Fsp3) is 0.158. The summed E-state index contributed by atoms with van der Waals surface area (Å²) in [5, 5.41) is 9.56. The van der Waals surface area contributed by atoms with Gasteiger partial charge >= 0.3 is 0 Å². The number of amides is 2. The van der Waals surface area contributed by atoms with Crippen LogP contribution in [-0.2, 0) is 9.59 Å². The molecule has 0 saturated heterocycles. The molecule has 0 spiro atoms. The Labute approximate surface area is 165 Å². The molecule has 3 rings (SSSR count). The summed E-state index contributed by atoms with van der Waals surface area (Å²) in [5.41, 5.74) is 2.18. The summed E-state index contributed by atoms with van der Waals surface area (Å²) >= 11 is 7.10. The van der Waals surface area contributed by atoms with E-state index in [9.17, 15) is 14.9 Å². The van der Waals surface area contributed by atoms with Gasteiger partial charge in [-0.3, -0.25) is 9.59 Å². The number of hydrogen-bond acceptors (Lipinski definition) is 6. The number of nitrogens with zero attached hydrogens (tertiary/aromatic N) is 3.